The van der Waals surface area contributed by atoms with Crippen LogP contribution in [0.25, 0.3) is 0 Å². The molecule has 1 aromatic carbocycles. The maximum absolute atomic E-state index is 13.5. The van der Waals surface area contributed by atoms with Crippen LogP contribution in [-0.2, 0) is 0 Å². The Bertz CT molecular complexity index is 677. The highest BCUT2D eigenvalue weighted by atomic mass is 19.2. The van der Waals surface area contributed by atoms with Crippen LogP contribution in [0.4, 0.5) is 24.7 Å². The van der Waals surface area contributed by atoms with Gasteiger partial charge in [-0.05, 0) is 31.2 Å². The molecule has 0 saturated carbocycles. The second-order valence-electron chi connectivity index (χ2n) is 4.14. The molecule has 0 atom stereocenters. The Hall–Kier alpha value is -2.57. The third-order valence-electron chi connectivity index (χ3n) is 2.66. The molecule has 0 aliphatic heterocycles. The summed E-state index contributed by atoms with van der Waals surface area (Å²) in [6.45, 7) is 2.49. The van der Waals surface area contributed by atoms with Crippen LogP contribution in [0.2, 0.25) is 0 Å². The molecule has 0 aliphatic rings. The van der Waals surface area contributed by atoms with Crippen molar-refractivity contribution in [3.05, 3.63) is 53.5 Å². The molecule has 0 spiro atoms. The van der Waals surface area contributed by atoms with Gasteiger partial charge in [0.1, 0.15) is 5.82 Å². The minimum absolute atomic E-state index is 0.213. The molecule has 1 aromatic heterocycles. The quantitative estimate of drug-likeness (QED) is 0.852. The fourth-order valence-corrected chi connectivity index (χ4v) is 1.67. The number of carbonyl (C=O) groups excluding carboxylic acids is 1. The van der Waals surface area contributed by atoms with Gasteiger partial charge in [0.2, 0.25) is 0 Å². The van der Waals surface area contributed by atoms with E-state index in [1.54, 1.807) is 0 Å². The average Bonchev–Trinajstić information content (AvgIpc) is 2.48. The zero-order valence-corrected chi connectivity index (χ0v) is 11.1. The second-order valence-corrected chi connectivity index (χ2v) is 4.14. The molecule has 1 heterocycles. The number of nitrogens with one attached hydrogen (secondary N) is 2. The van der Waals surface area contributed by atoms with Gasteiger partial charge in [-0.2, -0.15) is 0 Å². The fraction of sp³-hybridized carbons (Fsp3) is 0.143. The third kappa shape index (κ3) is 3.31. The zero-order valence-electron chi connectivity index (χ0n) is 11.1. The minimum atomic E-state index is -1.63. The third-order valence-corrected chi connectivity index (χ3v) is 2.66. The summed E-state index contributed by atoms with van der Waals surface area (Å²) in [4.78, 5) is 16.0. The number of rotatable bonds is 4. The van der Waals surface area contributed by atoms with Gasteiger partial charge in [0.15, 0.2) is 17.5 Å². The number of hydrogen-bond donors (Lipinski definition) is 2. The molecule has 110 valence electrons. The van der Waals surface area contributed by atoms with Crippen LogP contribution in [0, 0.1) is 17.5 Å². The number of anilines is 2. The smallest absolute Gasteiger partial charge is 0.255 e. The van der Waals surface area contributed by atoms with Crippen LogP contribution in [-0.4, -0.2) is 17.4 Å². The van der Waals surface area contributed by atoms with Gasteiger partial charge in [-0.1, -0.05) is 0 Å². The standard InChI is InChI=1S/C14H12F3N3O/c1-2-18-11-7-8(5-6-19-11)14(21)20-10-4-3-9(15)12(16)13(10)17/h3-7H,2H2,1H3,(H,18,19)(H,20,21). The van der Waals surface area contributed by atoms with E-state index in [-0.39, 0.29) is 5.56 Å². The normalized spacial score (nSPS) is 10.3. The Morgan fingerprint density at radius 1 is 1.19 bits per heavy atom. The van der Waals surface area contributed by atoms with Crippen molar-refractivity contribution in [2.45, 2.75) is 6.92 Å². The molecule has 0 radical (unpaired) electrons. The van der Waals surface area contributed by atoms with Crippen molar-refractivity contribution in [1.29, 1.82) is 0 Å². The number of carbonyl (C=O) groups is 1. The molecule has 0 bridgehead atoms. The Labute approximate surface area is 119 Å². The minimum Gasteiger partial charge on any atom is -0.370 e. The number of halogens is 3. The van der Waals surface area contributed by atoms with Gasteiger partial charge >= 0.3 is 0 Å². The summed E-state index contributed by atoms with van der Waals surface area (Å²) < 4.78 is 39.4. The molecule has 0 aliphatic carbocycles. The van der Waals surface area contributed by atoms with E-state index in [1.807, 2.05) is 6.92 Å². The molecule has 0 fully saturated rings. The number of amides is 1. The van der Waals surface area contributed by atoms with E-state index >= 15 is 0 Å². The van der Waals surface area contributed by atoms with Crippen molar-refractivity contribution in [2.75, 3.05) is 17.2 Å². The molecular weight excluding hydrogens is 283 g/mol. The molecule has 7 heteroatoms. The SMILES string of the molecule is CCNc1cc(C(=O)Nc2ccc(F)c(F)c2F)ccn1. The van der Waals surface area contributed by atoms with Crippen molar-refractivity contribution < 1.29 is 18.0 Å². The van der Waals surface area contributed by atoms with E-state index in [0.717, 1.165) is 12.1 Å². The molecule has 4 nitrogen and oxygen atoms in total. The first-order valence-electron chi connectivity index (χ1n) is 6.17. The zero-order chi connectivity index (χ0) is 15.4. The number of nitrogens with zero attached hydrogens (tertiary/aromatic N) is 1. The van der Waals surface area contributed by atoms with Gasteiger partial charge in [0, 0.05) is 18.3 Å². The summed E-state index contributed by atoms with van der Waals surface area (Å²) in [6.07, 6.45) is 1.41. The van der Waals surface area contributed by atoms with Crippen LogP contribution in [0.1, 0.15) is 17.3 Å². The molecular formula is C14H12F3N3O. The number of hydrogen-bond acceptors (Lipinski definition) is 3. The summed E-state index contributed by atoms with van der Waals surface area (Å²) in [5, 5.41) is 5.11. The largest absolute Gasteiger partial charge is 0.370 e. The van der Waals surface area contributed by atoms with Gasteiger partial charge < -0.3 is 10.6 Å². The predicted octanol–water partition coefficient (Wildman–Crippen LogP) is 3.18. The van der Waals surface area contributed by atoms with Gasteiger partial charge in [-0.3, -0.25) is 4.79 Å². The molecule has 2 aromatic rings. The Kier molecular flexibility index (Phi) is 4.42. The van der Waals surface area contributed by atoms with E-state index in [4.69, 9.17) is 0 Å². The number of benzene rings is 1. The second kappa shape index (κ2) is 6.25. The maximum atomic E-state index is 13.5. The van der Waals surface area contributed by atoms with Crippen molar-refractivity contribution in [3.8, 4) is 0 Å². The van der Waals surface area contributed by atoms with E-state index in [2.05, 4.69) is 15.6 Å². The Morgan fingerprint density at radius 3 is 2.67 bits per heavy atom. The first kappa shape index (κ1) is 14.8. The van der Waals surface area contributed by atoms with E-state index in [0.29, 0.717) is 12.4 Å². The summed E-state index contributed by atoms with van der Waals surface area (Å²) in [5.41, 5.74) is -0.217. The van der Waals surface area contributed by atoms with Gasteiger partial charge in [-0.15, -0.1) is 0 Å². The fourth-order valence-electron chi connectivity index (χ4n) is 1.67. The lowest BCUT2D eigenvalue weighted by Gasteiger charge is -2.08. The van der Waals surface area contributed by atoms with Crippen molar-refractivity contribution in [2.24, 2.45) is 0 Å². The average molecular weight is 295 g/mol. The highest BCUT2D eigenvalue weighted by Gasteiger charge is 2.16. The van der Waals surface area contributed by atoms with E-state index in [1.165, 1.54) is 18.3 Å². The molecule has 1 amide bonds. The lowest BCUT2D eigenvalue weighted by Crippen LogP contribution is -2.14. The van der Waals surface area contributed by atoms with E-state index < -0.39 is 29.0 Å². The van der Waals surface area contributed by atoms with Crippen molar-refractivity contribution in [1.82, 2.24) is 4.98 Å². The van der Waals surface area contributed by atoms with Crippen LogP contribution in [0.3, 0.4) is 0 Å². The van der Waals surface area contributed by atoms with Crippen LogP contribution >= 0.6 is 0 Å². The Balaban J connectivity index is 2.22. The van der Waals surface area contributed by atoms with Gasteiger partial charge in [0.05, 0.1) is 5.69 Å². The van der Waals surface area contributed by atoms with Gasteiger partial charge in [-0.25, -0.2) is 18.2 Å². The first-order chi connectivity index (χ1) is 10.0. The topological polar surface area (TPSA) is 54.0 Å². The van der Waals surface area contributed by atoms with Crippen molar-refractivity contribution >= 4 is 17.4 Å². The molecule has 21 heavy (non-hydrogen) atoms. The first-order valence-corrected chi connectivity index (χ1v) is 6.17. The summed E-state index contributed by atoms with van der Waals surface area (Å²) >= 11 is 0. The summed E-state index contributed by atoms with van der Waals surface area (Å²) in [6, 6.07) is 4.59. The monoisotopic (exact) mass is 295 g/mol. The molecule has 2 rings (SSSR count). The van der Waals surface area contributed by atoms with E-state index in [9.17, 15) is 18.0 Å². The number of aromatic nitrogens is 1. The predicted molar refractivity (Wildman–Crippen MR) is 72.7 cm³/mol. The summed E-state index contributed by atoms with van der Waals surface area (Å²) in [5.74, 6) is -4.55. The lowest BCUT2D eigenvalue weighted by molar-refractivity contribution is 0.102. The molecule has 0 saturated heterocycles. The summed E-state index contributed by atoms with van der Waals surface area (Å²) in [7, 11) is 0. The van der Waals surface area contributed by atoms with Crippen LogP contribution in [0.5, 0.6) is 0 Å². The van der Waals surface area contributed by atoms with Gasteiger partial charge in [0.25, 0.3) is 5.91 Å². The maximum Gasteiger partial charge on any atom is 0.255 e. The van der Waals surface area contributed by atoms with Crippen LogP contribution in [0.15, 0.2) is 30.5 Å². The van der Waals surface area contributed by atoms with Crippen molar-refractivity contribution in [3.63, 3.8) is 0 Å². The highest BCUT2D eigenvalue weighted by molar-refractivity contribution is 6.04. The number of pyridine rings is 1. The van der Waals surface area contributed by atoms with Crippen LogP contribution < -0.4 is 10.6 Å². The molecule has 0 unspecified atom stereocenters. The highest BCUT2D eigenvalue weighted by Crippen LogP contribution is 2.20. The lowest BCUT2D eigenvalue weighted by atomic mass is 10.2. The Morgan fingerprint density at radius 2 is 1.95 bits per heavy atom. The molecule has 2 N–H and O–H groups in total.